The summed E-state index contributed by atoms with van der Waals surface area (Å²) in [7, 11) is 0. The Hall–Kier alpha value is -1.56. The molecule has 0 radical (unpaired) electrons. The summed E-state index contributed by atoms with van der Waals surface area (Å²) in [5, 5.41) is 11.3. The van der Waals surface area contributed by atoms with Gasteiger partial charge in [-0.05, 0) is 25.2 Å². The van der Waals surface area contributed by atoms with E-state index >= 15 is 0 Å². The van der Waals surface area contributed by atoms with Crippen LogP contribution in [0.25, 0.3) is 4.96 Å². The highest BCUT2D eigenvalue weighted by Gasteiger charge is 2.25. The molecule has 1 fully saturated rings. The lowest BCUT2D eigenvalue weighted by Crippen LogP contribution is -2.26. The Morgan fingerprint density at radius 3 is 3.11 bits per heavy atom. The molecule has 1 atom stereocenters. The van der Waals surface area contributed by atoms with Crippen LogP contribution < -0.4 is 4.90 Å². The number of hydrogen-bond acceptors (Lipinski definition) is 4. The molecule has 1 N–H and O–H groups in total. The minimum atomic E-state index is -0.904. The van der Waals surface area contributed by atoms with Crippen molar-refractivity contribution in [1.29, 1.82) is 0 Å². The van der Waals surface area contributed by atoms with Gasteiger partial charge in [-0.25, -0.2) is 9.78 Å². The van der Waals surface area contributed by atoms with Crippen LogP contribution in [-0.2, 0) is 0 Å². The van der Waals surface area contributed by atoms with Crippen molar-refractivity contribution in [2.45, 2.75) is 26.2 Å². The minimum Gasteiger partial charge on any atom is -0.476 e. The van der Waals surface area contributed by atoms with E-state index in [2.05, 4.69) is 16.8 Å². The Morgan fingerprint density at radius 1 is 1.47 bits per heavy atom. The maximum Gasteiger partial charge on any atom is 0.356 e. The van der Waals surface area contributed by atoms with Crippen molar-refractivity contribution in [3.8, 4) is 0 Å². The maximum absolute atomic E-state index is 11.5. The third kappa shape index (κ3) is 2.20. The van der Waals surface area contributed by atoms with Crippen molar-refractivity contribution in [2.75, 3.05) is 18.0 Å². The number of carbonyl (C=O) groups is 1. The molecule has 2 aromatic rings. The SMILES string of the molecule is CC1CCCN(c2nc3sccn3c2C(=O)O)CC1. The lowest BCUT2D eigenvalue weighted by molar-refractivity contribution is 0.0690. The molecule has 0 aromatic carbocycles. The van der Waals surface area contributed by atoms with Crippen LogP contribution in [0.1, 0.15) is 36.7 Å². The zero-order chi connectivity index (χ0) is 13.4. The van der Waals surface area contributed by atoms with Gasteiger partial charge in [0, 0.05) is 24.7 Å². The Bertz CT molecular complexity index is 604. The minimum absolute atomic E-state index is 0.297. The molecule has 1 aliphatic rings. The van der Waals surface area contributed by atoms with E-state index in [1.54, 1.807) is 10.6 Å². The van der Waals surface area contributed by atoms with Crippen LogP contribution >= 0.6 is 11.3 Å². The van der Waals surface area contributed by atoms with E-state index in [4.69, 9.17) is 0 Å². The number of carboxylic acids is 1. The van der Waals surface area contributed by atoms with Crippen LogP contribution in [0, 0.1) is 5.92 Å². The summed E-state index contributed by atoms with van der Waals surface area (Å²) >= 11 is 1.47. The number of imidazole rings is 1. The number of aromatic carboxylic acids is 1. The average molecular weight is 279 g/mol. The first kappa shape index (κ1) is 12.5. The number of hydrogen-bond donors (Lipinski definition) is 1. The lowest BCUT2D eigenvalue weighted by Gasteiger charge is -2.20. The molecule has 102 valence electrons. The van der Waals surface area contributed by atoms with E-state index in [9.17, 15) is 9.90 Å². The third-order valence-corrected chi connectivity index (χ3v) is 4.52. The molecule has 6 heteroatoms. The summed E-state index contributed by atoms with van der Waals surface area (Å²) < 4.78 is 1.68. The summed E-state index contributed by atoms with van der Waals surface area (Å²) in [5.74, 6) is 0.439. The predicted molar refractivity (Wildman–Crippen MR) is 75.3 cm³/mol. The first-order chi connectivity index (χ1) is 9.16. The smallest absolute Gasteiger partial charge is 0.356 e. The fraction of sp³-hybridized carbons (Fsp3) is 0.538. The van der Waals surface area contributed by atoms with Gasteiger partial charge in [0.25, 0.3) is 0 Å². The Morgan fingerprint density at radius 2 is 2.32 bits per heavy atom. The third-order valence-electron chi connectivity index (χ3n) is 3.76. The van der Waals surface area contributed by atoms with E-state index in [1.165, 1.54) is 17.8 Å². The van der Waals surface area contributed by atoms with Crippen LogP contribution in [0.4, 0.5) is 5.82 Å². The predicted octanol–water partition coefficient (Wildman–Crippen LogP) is 2.72. The van der Waals surface area contributed by atoms with E-state index in [0.29, 0.717) is 17.4 Å². The zero-order valence-corrected chi connectivity index (χ0v) is 11.7. The highest BCUT2D eigenvalue weighted by atomic mass is 32.1. The summed E-state index contributed by atoms with van der Waals surface area (Å²) in [6.45, 7) is 4.05. The maximum atomic E-state index is 11.5. The summed E-state index contributed by atoms with van der Waals surface area (Å²) in [4.78, 5) is 18.9. The van der Waals surface area contributed by atoms with Crippen LogP contribution in [0.15, 0.2) is 11.6 Å². The Kier molecular flexibility index (Phi) is 3.18. The normalized spacial score (nSPS) is 20.7. The van der Waals surface area contributed by atoms with E-state index in [1.807, 2.05) is 5.38 Å². The number of nitrogens with zero attached hydrogens (tertiary/aromatic N) is 3. The highest BCUT2D eigenvalue weighted by Crippen LogP contribution is 2.27. The van der Waals surface area contributed by atoms with Gasteiger partial charge in [0.05, 0.1) is 0 Å². The van der Waals surface area contributed by atoms with E-state index < -0.39 is 5.97 Å². The van der Waals surface area contributed by atoms with Gasteiger partial charge in [-0.15, -0.1) is 11.3 Å². The Labute approximate surface area is 115 Å². The molecule has 0 saturated carbocycles. The van der Waals surface area contributed by atoms with Crippen molar-refractivity contribution in [2.24, 2.45) is 5.92 Å². The molecule has 3 heterocycles. The standard InChI is InChI=1S/C13H17N3O2S/c1-9-3-2-5-15(6-4-9)11-10(12(17)18)16-7-8-19-13(16)14-11/h7-9H,2-6H2,1H3,(H,17,18). The number of aromatic nitrogens is 2. The number of rotatable bonds is 2. The molecule has 5 nitrogen and oxygen atoms in total. The van der Waals surface area contributed by atoms with Gasteiger partial charge in [0.2, 0.25) is 0 Å². The molecule has 19 heavy (non-hydrogen) atoms. The highest BCUT2D eigenvalue weighted by molar-refractivity contribution is 7.15. The lowest BCUT2D eigenvalue weighted by atomic mass is 10.0. The van der Waals surface area contributed by atoms with Gasteiger partial charge in [-0.3, -0.25) is 4.40 Å². The average Bonchev–Trinajstić information content (AvgIpc) is 2.86. The largest absolute Gasteiger partial charge is 0.476 e. The zero-order valence-electron chi connectivity index (χ0n) is 10.9. The van der Waals surface area contributed by atoms with Crippen LogP contribution in [0.2, 0.25) is 0 Å². The fourth-order valence-corrected chi connectivity index (χ4v) is 3.38. The van der Waals surface area contributed by atoms with Gasteiger partial charge in [0.1, 0.15) is 0 Å². The van der Waals surface area contributed by atoms with Crippen molar-refractivity contribution >= 4 is 28.1 Å². The summed E-state index contributed by atoms with van der Waals surface area (Å²) in [5.41, 5.74) is 0.297. The molecule has 2 aromatic heterocycles. The molecule has 0 amide bonds. The monoisotopic (exact) mass is 279 g/mol. The summed E-state index contributed by atoms with van der Waals surface area (Å²) in [6.07, 6.45) is 5.19. The second-order valence-corrected chi connectivity index (χ2v) is 6.04. The molecule has 0 aliphatic carbocycles. The van der Waals surface area contributed by atoms with Gasteiger partial charge in [0.15, 0.2) is 16.5 Å². The molecule has 1 unspecified atom stereocenters. The molecule has 1 aliphatic heterocycles. The Balaban J connectivity index is 2.01. The fourth-order valence-electron chi connectivity index (χ4n) is 2.67. The number of anilines is 1. The molecule has 0 bridgehead atoms. The van der Waals surface area contributed by atoms with Crippen molar-refractivity contribution in [3.05, 3.63) is 17.3 Å². The van der Waals surface area contributed by atoms with E-state index in [0.717, 1.165) is 30.9 Å². The van der Waals surface area contributed by atoms with Crippen molar-refractivity contribution in [3.63, 3.8) is 0 Å². The first-order valence-corrected chi connectivity index (χ1v) is 7.48. The second-order valence-electron chi connectivity index (χ2n) is 5.17. The quantitative estimate of drug-likeness (QED) is 0.918. The summed E-state index contributed by atoms with van der Waals surface area (Å²) in [6, 6.07) is 0. The van der Waals surface area contributed by atoms with Gasteiger partial charge >= 0.3 is 5.97 Å². The topological polar surface area (TPSA) is 57.8 Å². The van der Waals surface area contributed by atoms with E-state index in [-0.39, 0.29) is 0 Å². The molecule has 3 rings (SSSR count). The van der Waals surface area contributed by atoms with Crippen LogP contribution in [0.5, 0.6) is 0 Å². The number of carboxylic acid groups (broad SMARTS) is 1. The van der Waals surface area contributed by atoms with Gasteiger partial charge < -0.3 is 10.0 Å². The van der Waals surface area contributed by atoms with Crippen LogP contribution in [-0.4, -0.2) is 33.6 Å². The number of thiazole rings is 1. The van der Waals surface area contributed by atoms with Crippen LogP contribution in [0.3, 0.4) is 0 Å². The number of fused-ring (bicyclic) bond motifs is 1. The molecular weight excluding hydrogens is 262 g/mol. The van der Waals surface area contributed by atoms with Gasteiger partial charge in [-0.2, -0.15) is 0 Å². The molecule has 1 saturated heterocycles. The van der Waals surface area contributed by atoms with Crippen molar-refractivity contribution in [1.82, 2.24) is 9.38 Å². The molecule has 0 spiro atoms. The second kappa shape index (κ2) is 4.85. The van der Waals surface area contributed by atoms with Gasteiger partial charge in [-0.1, -0.05) is 6.92 Å². The van der Waals surface area contributed by atoms with Crippen molar-refractivity contribution < 1.29 is 9.90 Å². The molecular formula is C13H17N3O2S. The first-order valence-electron chi connectivity index (χ1n) is 6.60.